The molecule has 0 radical (unpaired) electrons. The number of carbonyl (C=O) groups is 2. The molecule has 1 aliphatic carbocycles. The first-order valence-corrected chi connectivity index (χ1v) is 14.2. The largest absolute Gasteiger partial charge is 0.471 e. The van der Waals surface area contributed by atoms with Gasteiger partial charge >= 0.3 is 18.1 Å². The van der Waals surface area contributed by atoms with Crippen molar-refractivity contribution < 1.29 is 35.9 Å². The molecule has 1 saturated heterocycles. The van der Waals surface area contributed by atoms with Crippen LogP contribution in [0.3, 0.4) is 0 Å². The zero-order valence-corrected chi connectivity index (χ0v) is 21.9. The molecule has 0 bridgehead atoms. The molecule has 206 valence electrons. The molecule has 1 heterocycles. The number of alkyl halides is 3. The summed E-state index contributed by atoms with van der Waals surface area (Å²) in [5, 5.41) is 0. The maximum atomic E-state index is 13.4. The van der Waals surface area contributed by atoms with Crippen molar-refractivity contribution in [3.8, 4) is 0 Å². The van der Waals surface area contributed by atoms with Crippen LogP contribution in [0.2, 0.25) is 0 Å². The number of hydrogen-bond donors (Lipinski definition) is 0. The van der Waals surface area contributed by atoms with Gasteiger partial charge in [0.2, 0.25) is 10.0 Å². The standard InChI is InChI=1S/C27H31F3N2O5S/c1-37-25(33)22-9-7-19(8-10-22)13-16-38(35,36)31-14-11-20(12-15-31)18-32(26(34)27(28,29)30)24-17-23(24)21-5-3-2-4-6-21/h2-10,20,23-24H,11-18H2,1H3. The van der Waals surface area contributed by atoms with Crippen LogP contribution < -0.4 is 0 Å². The molecule has 2 aliphatic rings. The van der Waals surface area contributed by atoms with Crippen LogP contribution in [0, 0.1) is 5.92 Å². The minimum absolute atomic E-state index is 0.0349. The Kier molecular flexibility index (Phi) is 8.46. The molecule has 1 saturated carbocycles. The van der Waals surface area contributed by atoms with Gasteiger partial charge in [0, 0.05) is 31.6 Å². The second-order valence-corrected chi connectivity index (χ2v) is 12.0. The van der Waals surface area contributed by atoms with Crippen LogP contribution in [-0.2, 0) is 26.0 Å². The number of sulfonamides is 1. The van der Waals surface area contributed by atoms with Crippen molar-refractivity contribution in [2.24, 2.45) is 5.92 Å². The summed E-state index contributed by atoms with van der Waals surface area (Å²) in [5.74, 6) is -2.75. The Morgan fingerprint density at radius 2 is 1.66 bits per heavy atom. The highest BCUT2D eigenvalue weighted by Crippen LogP contribution is 2.46. The van der Waals surface area contributed by atoms with E-state index in [0.717, 1.165) is 16.0 Å². The third-order valence-corrected chi connectivity index (χ3v) is 9.21. The molecule has 7 nitrogen and oxygen atoms in total. The van der Waals surface area contributed by atoms with E-state index >= 15 is 0 Å². The summed E-state index contributed by atoms with van der Waals surface area (Å²) in [6, 6.07) is 15.2. The smallest absolute Gasteiger partial charge is 0.465 e. The monoisotopic (exact) mass is 552 g/mol. The van der Waals surface area contributed by atoms with Crippen LogP contribution in [0.25, 0.3) is 0 Å². The average molecular weight is 553 g/mol. The number of benzene rings is 2. The predicted octanol–water partition coefficient (Wildman–Crippen LogP) is 4.00. The van der Waals surface area contributed by atoms with E-state index in [-0.39, 0.29) is 43.6 Å². The first kappa shape index (κ1) is 28.1. The number of hydrogen-bond acceptors (Lipinski definition) is 5. The third-order valence-electron chi connectivity index (χ3n) is 7.33. The van der Waals surface area contributed by atoms with Crippen LogP contribution in [-0.4, -0.2) is 74.2 Å². The molecule has 0 spiro atoms. The number of methoxy groups -OCH3 is 1. The zero-order chi connectivity index (χ0) is 27.5. The fourth-order valence-electron chi connectivity index (χ4n) is 5.07. The lowest BCUT2D eigenvalue weighted by Gasteiger charge is -2.35. The molecule has 2 aromatic rings. The Morgan fingerprint density at radius 1 is 1.03 bits per heavy atom. The fourth-order valence-corrected chi connectivity index (χ4v) is 6.58. The van der Waals surface area contributed by atoms with Gasteiger partial charge in [-0.3, -0.25) is 4.79 Å². The third kappa shape index (κ3) is 6.74. The van der Waals surface area contributed by atoms with Gasteiger partial charge in [0.05, 0.1) is 18.4 Å². The summed E-state index contributed by atoms with van der Waals surface area (Å²) < 4.78 is 72.0. The van der Waals surface area contributed by atoms with Gasteiger partial charge < -0.3 is 9.64 Å². The van der Waals surface area contributed by atoms with Gasteiger partial charge in [-0.05, 0) is 54.9 Å². The fraction of sp³-hybridized carbons (Fsp3) is 0.481. The number of piperidine rings is 1. The van der Waals surface area contributed by atoms with Crippen molar-refractivity contribution in [3.63, 3.8) is 0 Å². The summed E-state index contributed by atoms with van der Waals surface area (Å²) in [7, 11) is -2.29. The van der Waals surface area contributed by atoms with E-state index in [1.165, 1.54) is 11.4 Å². The van der Waals surface area contributed by atoms with E-state index in [2.05, 4.69) is 4.74 Å². The molecule has 2 aromatic carbocycles. The molecule has 0 N–H and O–H groups in total. The number of halogens is 3. The van der Waals surface area contributed by atoms with Crippen LogP contribution >= 0.6 is 0 Å². The second kappa shape index (κ2) is 11.4. The van der Waals surface area contributed by atoms with Gasteiger partial charge in [-0.25, -0.2) is 17.5 Å². The Bertz CT molecular complexity index is 1230. The SMILES string of the molecule is COC(=O)c1ccc(CCS(=O)(=O)N2CCC(CN(C(=O)C(F)(F)F)C3CC3c3ccccc3)CC2)cc1. The molecule has 2 atom stereocenters. The van der Waals surface area contributed by atoms with Gasteiger partial charge in [-0.2, -0.15) is 13.2 Å². The van der Waals surface area contributed by atoms with Gasteiger partial charge in [0.25, 0.3) is 0 Å². The first-order chi connectivity index (χ1) is 18.0. The molecule has 1 amide bonds. The molecule has 1 aliphatic heterocycles. The first-order valence-electron chi connectivity index (χ1n) is 12.6. The average Bonchev–Trinajstić information content (AvgIpc) is 3.71. The van der Waals surface area contributed by atoms with E-state index in [1.807, 2.05) is 30.3 Å². The lowest BCUT2D eigenvalue weighted by molar-refractivity contribution is -0.187. The Hall–Kier alpha value is -2.92. The maximum absolute atomic E-state index is 13.4. The number of aryl methyl sites for hydroxylation is 1. The molecule has 0 aromatic heterocycles. The molecular weight excluding hydrogens is 521 g/mol. The Morgan fingerprint density at radius 3 is 2.24 bits per heavy atom. The minimum Gasteiger partial charge on any atom is -0.465 e. The minimum atomic E-state index is -4.96. The summed E-state index contributed by atoms with van der Waals surface area (Å²) in [4.78, 5) is 24.8. The van der Waals surface area contributed by atoms with Crippen molar-refractivity contribution >= 4 is 21.9 Å². The van der Waals surface area contributed by atoms with E-state index in [1.54, 1.807) is 24.3 Å². The number of rotatable bonds is 9. The molecule has 38 heavy (non-hydrogen) atoms. The highest BCUT2D eigenvalue weighted by Gasteiger charge is 2.52. The molecule has 4 rings (SSSR count). The highest BCUT2D eigenvalue weighted by atomic mass is 32.2. The number of ether oxygens (including phenoxy) is 1. The van der Waals surface area contributed by atoms with Crippen LogP contribution in [0.15, 0.2) is 54.6 Å². The molecular formula is C27H31F3N2O5S. The topological polar surface area (TPSA) is 84.0 Å². The number of carbonyl (C=O) groups excluding carboxylic acids is 2. The van der Waals surface area contributed by atoms with Crippen LogP contribution in [0.1, 0.15) is 46.7 Å². The Labute approximate surface area is 220 Å². The summed E-state index contributed by atoms with van der Waals surface area (Å²) in [6.07, 6.45) is -3.43. The predicted molar refractivity (Wildman–Crippen MR) is 135 cm³/mol. The number of nitrogens with zero attached hydrogens (tertiary/aromatic N) is 2. The zero-order valence-electron chi connectivity index (χ0n) is 21.1. The lowest BCUT2D eigenvalue weighted by atomic mass is 9.97. The summed E-state index contributed by atoms with van der Waals surface area (Å²) in [6.45, 7) is 0.372. The second-order valence-electron chi connectivity index (χ2n) is 9.87. The lowest BCUT2D eigenvalue weighted by Crippen LogP contribution is -2.48. The highest BCUT2D eigenvalue weighted by molar-refractivity contribution is 7.89. The van der Waals surface area contributed by atoms with E-state index in [4.69, 9.17) is 0 Å². The molecule has 11 heteroatoms. The number of esters is 1. The van der Waals surface area contributed by atoms with Crippen molar-refractivity contribution in [1.29, 1.82) is 0 Å². The van der Waals surface area contributed by atoms with Crippen molar-refractivity contribution in [3.05, 3.63) is 71.3 Å². The van der Waals surface area contributed by atoms with Crippen molar-refractivity contribution in [2.45, 2.75) is 43.8 Å². The van der Waals surface area contributed by atoms with Gasteiger partial charge in [-0.15, -0.1) is 0 Å². The summed E-state index contributed by atoms with van der Waals surface area (Å²) >= 11 is 0. The quantitative estimate of drug-likeness (QED) is 0.439. The van der Waals surface area contributed by atoms with Gasteiger partial charge in [0.15, 0.2) is 0 Å². The number of amides is 1. The molecule has 2 fully saturated rings. The maximum Gasteiger partial charge on any atom is 0.471 e. The molecule has 2 unspecified atom stereocenters. The van der Waals surface area contributed by atoms with Crippen LogP contribution in [0.5, 0.6) is 0 Å². The normalized spacial score (nSPS) is 20.6. The summed E-state index contributed by atoms with van der Waals surface area (Å²) in [5.41, 5.74) is 2.05. The van der Waals surface area contributed by atoms with Gasteiger partial charge in [0.1, 0.15) is 0 Å². The van der Waals surface area contributed by atoms with E-state index in [0.29, 0.717) is 24.8 Å². The Balaban J connectivity index is 1.32. The van der Waals surface area contributed by atoms with Crippen molar-refractivity contribution in [1.82, 2.24) is 9.21 Å². The van der Waals surface area contributed by atoms with Crippen LogP contribution in [0.4, 0.5) is 13.2 Å². The van der Waals surface area contributed by atoms with Gasteiger partial charge in [-0.1, -0.05) is 42.5 Å². The van der Waals surface area contributed by atoms with E-state index in [9.17, 15) is 31.2 Å². The van der Waals surface area contributed by atoms with Crippen molar-refractivity contribution in [2.75, 3.05) is 32.5 Å². The van der Waals surface area contributed by atoms with E-state index < -0.39 is 34.1 Å².